The lowest BCUT2D eigenvalue weighted by Gasteiger charge is -2.04. The van der Waals surface area contributed by atoms with Gasteiger partial charge in [-0.2, -0.15) is 0 Å². The van der Waals surface area contributed by atoms with E-state index in [1.807, 2.05) is 0 Å². The molecule has 0 saturated carbocycles. The van der Waals surface area contributed by atoms with Crippen LogP contribution in [0.1, 0.15) is 17.5 Å². The van der Waals surface area contributed by atoms with Gasteiger partial charge >= 0.3 is 0 Å². The Morgan fingerprint density at radius 1 is 1.38 bits per heavy atom. The number of benzene rings is 1. The zero-order valence-electron chi connectivity index (χ0n) is 7.46. The lowest BCUT2D eigenvalue weighted by Crippen LogP contribution is -2.00. The van der Waals surface area contributed by atoms with Crippen LogP contribution in [0.15, 0.2) is 18.2 Å². The topological polar surface area (TPSA) is 46.2 Å². The zero-order chi connectivity index (χ0) is 9.68. The van der Waals surface area contributed by atoms with E-state index in [1.54, 1.807) is 12.1 Å². The molecule has 1 aromatic carbocycles. The van der Waals surface area contributed by atoms with Crippen molar-refractivity contribution in [3.63, 3.8) is 0 Å². The molecule has 0 bridgehead atoms. The first-order chi connectivity index (χ1) is 6.27. The summed E-state index contributed by atoms with van der Waals surface area (Å²) in [6.07, 6.45) is 1.51. The first-order valence-corrected chi connectivity index (χ1v) is 4.34. The number of aromatic hydroxyl groups is 1. The maximum absolute atomic E-state index is 12.3. The van der Waals surface area contributed by atoms with Crippen molar-refractivity contribution in [2.45, 2.75) is 19.5 Å². The second-order valence-electron chi connectivity index (χ2n) is 2.99. The van der Waals surface area contributed by atoms with Crippen LogP contribution in [0.25, 0.3) is 0 Å². The Bertz CT molecular complexity index is 276. The van der Waals surface area contributed by atoms with E-state index in [4.69, 9.17) is 5.73 Å². The highest BCUT2D eigenvalue weighted by atomic mass is 19.1. The van der Waals surface area contributed by atoms with E-state index in [1.165, 1.54) is 6.07 Å². The molecule has 1 rings (SSSR count). The van der Waals surface area contributed by atoms with E-state index >= 15 is 0 Å². The molecule has 2 nitrogen and oxygen atoms in total. The highest BCUT2D eigenvalue weighted by Gasteiger charge is 2.01. The molecule has 0 aromatic heterocycles. The van der Waals surface area contributed by atoms with Gasteiger partial charge in [0.05, 0.1) is 0 Å². The Labute approximate surface area is 77.2 Å². The standard InChI is InChI=1S/C10H14FNO/c11-7-8-3-4-10(13)9(6-8)2-1-5-12/h3-4,6,13H,1-2,5,7,12H2. The van der Waals surface area contributed by atoms with Crippen molar-refractivity contribution in [2.75, 3.05) is 6.54 Å². The predicted octanol–water partition coefficient (Wildman–Crippen LogP) is 1.75. The van der Waals surface area contributed by atoms with E-state index in [-0.39, 0.29) is 5.75 Å². The van der Waals surface area contributed by atoms with E-state index < -0.39 is 6.67 Å². The molecule has 0 radical (unpaired) electrons. The van der Waals surface area contributed by atoms with Crippen molar-refractivity contribution in [1.29, 1.82) is 0 Å². The van der Waals surface area contributed by atoms with Crippen LogP contribution in [0.4, 0.5) is 4.39 Å². The summed E-state index contributed by atoms with van der Waals surface area (Å²) >= 11 is 0. The molecule has 0 aliphatic carbocycles. The molecule has 0 amide bonds. The number of phenols is 1. The maximum Gasteiger partial charge on any atom is 0.118 e. The van der Waals surface area contributed by atoms with Gasteiger partial charge in [0.1, 0.15) is 12.4 Å². The third-order valence-electron chi connectivity index (χ3n) is 1.95. The molecule has 13 heavy (non-hydrogen) atoms. The van der Waals surface area contributed by atoms with Crippen LogP contribution in [-0.2, 0) is 13.1 Å². The van der Waals surface area contributed by atoms with Crippen LogP contribution in [0.5, 0.6) is 5.75 Å². The van der Waals surface area contributed by atoms with Crippen LogP contribution in [0.2, 0.25) is 0 Å². The zero-order valence-corrected chi connectivity index (χ0v) is 7.46. The third kappa shape index (κ3) is 2.70. The molecule has 0 heterocycles. The van der Waals surface area contributed by atoms with Crippen LogP contribution in [0, 0.1) is 0 Å². The van der Waals surface area contributed by atoms with Crippen LogP contribution in [-0.4, -0.2) is 11.7 Å². The quantitative estimate of drug-likeness (QED) is 0.747. The Morgan fingerprint density at radius 2 is 2.15 bits per heavy atom. The molecular weight excluding hydrogens is 169 g/mol. The summed E-state index contributed by atoms with van der Waals surface area (Å²) in [5.74, 6) is 0.227. The van der Waals surface area contributed by atoms with Gasteiger partial charge in [-0.3, -0.25) is 0 Å². The smallest absolute Gasteiger partial charge is 0.118 e. The first kappa shape index (κ1) is 9.99. The van der Waals surface area contributed by atoms with E-state index in [0.29, 0.717) is 18.5 Å². The number of alkyl halides is 1. The fraction of sp³-hybridized carbons (Fsp3) is 0.400. The van der Waals surface area contributed by atoms with Gasteiger partial charge in [0.2, 0.25) is 0 Å². The molecule has 72 valence electrons. The molecule has 3 heteroatoms. The Morgan fingerprint density at radius 3 is 2.77 bits per heavy atom. The third-order valence-corrected chi connectivity index (χ3v) is 1.95. The summed E-state index contributed by atoms with van der Waals surface area (Å²) in [6.45, 7) is 0.0925. The van der Waals surface area contributed by atoms with Gasteiger partial charge in [0.25, 0.3) is 0 Å². The highest BCUT2D eigenvalue weighted by molar-refractivity contribution is 5.36. The van der Waals surface area contributed by atoms with Gasteiger partial charge in [-0.15, -0.1) is 0 Å². The van der Waals surface area contributed by atoms with Gasteiger partial charge in [-0.1, -0.05) is 6.07 Å². The van der Waals surface area contributed by atoms with Crippen LogP contribution >= 0.6 is 0 Å². The van der Waals surface area contributed by atoms with Crippen molar-refractivity contribution in [3.05, 3.63) is 29.3 Å². The molecule has 1 aromatic rings. The predicted molar refractivity (Wildman–Crippen MR) is 50.3 cm³/mol. The number of aryl methyl sites for hydroxylation is 1. The van der Waals surface area contributed by atoms with Crippen molar-refractivity contribution in [2.24, 2.45) is 5.73 Å². The van der Waals surface area contributed by atoms with Gasteiger partial charge in [0, 0.05) is 0 Å². The monoisotopic (exact) mass is 183 g/mol. The number of rotatable bonds is 4. The van der Waals surface area contributed by atoms with E-state index in [2.05, 4.69) is 0 Å². The number of halogens is 1. The summed E-state index contributed by atoms with van der Waals surface area (Å²) in [5.41, 5.74) is 6.72. The minimum absolute atomic E-state index is 0.227. The Kier molecular flexibility index (Phi) is 3.71. The molecule has 0 aliphatic heterocycles. The lowest BCUT2D eigenvalue weighted by atomic mass is 10.1. The van der Waals surface area contributed by atoms with Crippen molar-refractivity contribution < 1.29 is 9.50 Å². The largest absolute Gasteiger partial charge is 0.508 e. The van der Waals surface area contributed by atoms with Crippen LogP contribution < -0.4 is 5.73 Å². The highest BCUT2D eigenvalue weighted by Crippen LogP contribution is 2.20. The van der Waals surface area contributed by atoms with Crippen molar-refractivity contribution in [3.8, 4) is 5.75 Å². The Hall–Kier alpha value is -1.09. The fourth-order valence-electron chi connectivity index (χ4n) is 1.21. The molecule has 0 aliphatic rings. The van der Waals surface area contributed by atoms with Crippen LogP contribution in [0.3, 0.4) is 0 Å². The summed E-state index contributed by atoms with van der Waals surface area (Å²) in [7, 11) is 0. The summed E-state index contributed by atoms with van der Waals surface area (Å²) < 4.78 is 12.3. The van der Waals surface area contributed by atoms with Gasteiger partial charge in [-0.25, -0.2) is 4.39 Å². The summed E-state index contributed by atoms with van der Waals surface area (Å²) in [5, 5.41) is 9.39. The van der Waals surface area contributed by atoms with E-state index in [9.17, 15) is 9.50 Å². The fourth-order valence-corrected chi connectivity index (χ4v) is 1.21. The molecule has 0 spiro atoms. The maximum atomic E-state index is 12.3. The van der Waals surface area contributed by atoms with Crippen molar-refractivity contribution in [1.82, 2.24) is 0 Å². The molecular formula is C10H14FNO. The van der Waals surface area contributed by atoms with Gasteiger partial charge in [0.15, 0.2) is 0 Å². The van der Waals surface area contributed by atoms with Gasteiger partial charge < -0.3 is 10.8 Å². The average molecular weight is 183 g/mol. The number of nitrogens with two attached hydrogens (primary N) is 1. The van der Waals surface area contributed by atoms with E-state index in [0.717, 1.165) is 12.0 Å². The Balaban J connectivity index is 2.78. The first-order valence-electron chi connectivity index (χ1n) is 4.34. The average Bonchev–Trinajstić information content (AvgIpc) is 2.17. The molecule has 0 saturated heterocycles. The molecule has 0 fully saturated rings. The minimum atomic E-state index is -0.490. The normalized spacial score (nSPS) is 10.3. The lowest BCUT2D eigenvalue weighted by molar-refractivity contribution is 0.462. The number of hydrogen-bond donors (Lipinski definition) is 2. The number of hydrogen-bond acceptors (Lipinski definition) is 2. The minimum Gasteiger partial charge on any atom is -0.508 e. The summed E-state index contributed by atoms with van der Waals surface area (Å²) in [4.78, 5) is 0. The molecule has 0 atom stereocenters. The second kappa shape index (κ2) is 4.82. The molecule has 3 N–H and O–H groups in total. The number of phenolic OH excluding ortho intramolecular Hbond substituents is 1. The SMILES string of the molecule is NCCCc1cc(CF)ccc1O. The van der Waals surface area contributed by atoms with Crippen molar-refractivity contribution >= 4 is 0 Å². The molecule has 0 unspecified atom stereocenters. The second-order valence-corrected chi connectivity index (χ2v) is 2.99. The summed E-state index contributed by atoms with van der Waals surface area (Å²) in [6, 6.07) is 4.80. The van der Waals surface area contributed by atoms with Gasteiger partial charge in [-0.05, 0) is 42.6 Å².